The van der Waals surface area contributed by atoms with Gasteiger partial charge in [0.05, 0.1) is 23.8 Å². The molecular weight excluding hydrogens is 310 g/mol. The molecule has 22 heavy (non-hydrogen) atoms. The van der Waals surface area contributed by atoms with E-state index in [1.807, 2.05) is 0 Å². The van der Waals surface area contributed by atoms with Crippen molar-refractivity contribution in [2.24, 2.45) is 5.73 Å². The second kappa shape index (κ2) is 9.37. The van der Waals surface area contributed by atoms with Crippen LogP contribution in [0.25, 0.3) is 0 Å². The van der Waals surface area contributed by atoms with Crippen LogP contribution in [-0.4, -0.2) is 51.8 Å². The van der Waals surface area contributed by atoms with E-state index < -0.39 is 11.9 Å². The number of nitrogens with two attached hydrogens (primary N) is 1. The van der Waals surface area contributed by atoms with E-state index in [1.54, 1.807) is 13.2 Å². The van der Waals surface area contributed by atoms with Crippen LogP contribution in [0.1, 0.15) is 10.4 Å². The molecule has 0 spiro atoms. The number of ether oxygens (including phenoxy) is 2. The van der Waals surface area contributed by atoms with Gasteiger partial charge in [0.2, 0.25) is 5.91 Å². The Morgan fingerprint density at radius 1 is 1.32 bits per heavy atom. The number of amides is 2. The highest BCUT2D eigenvalue weighted by Gasteiger charge is 2.15. The van der Waals surface area contributed by atoms with Crippen molar-refractivity contribution in [2.45, 2.75) is 6.04 Å². The smallest absolute Gasteiger partial charge is 0.252 e. The van der Waals surface area contributed by atoms with Crippen LogP contribution in [-0.2, 0) is 14.3 Å². The van der Waals surface area contributed by atoms with Crippen molar-refractivity contribution in [3.8, 4) is 0 Å². The van der Waals surface area contributed by atoms with Gasteiger partial charge in [0.15, 0.2) is 0 Å². The lowest BCUT2D eigenvalue weighted by molar-refractivity contribution is -0.118. The summed E-state index contributed by atoms with van der Waals surface area (Å²) in [4.78, 5) is 23.6. The van der Waals surface area contributed by atoms with E-state index in [9.17, 15) is 9.59 Å². The highest BCUT2D eigenvalue weighted by molar-refractivity contribution is 6.34. The lowest BCUT2D eigenvalue weighted by Gasteiger charge is -2.12. The summed E-state index contributed by atoms with van der Waals surface area (Å²) in [6.45, 7) is 0.907. The number of halogens is 1. The fourth-order valence-electron chi connectivity index (χ4n) is 1.63. The average Bonchev–Trinajstić information content (AvgIpc) is 2.47. The number of nitrogens with one attached hydrogen (secondary N) is 2. The topological polar surface area (TPSA) is 103 Å². The third-order valence-electron chi connectivity index (χ3n) is 2.76. The molecule has 1 unspecified atom stereocenters. The zero-order valence-electron chi connectivity index (χ0n) is 12.5. The van der Waals surface area contributed by atoms with Crippen LogP contribution in [0.15, 0.2) is 18.2 Å². The number of methoxy groups -OCH3 is 2. The molecule has 4 N–H and O–H groups in total. The van der Waals surface area contributed by atoms with E-state index in [0.717, 1.165) is 0 Å². The fraction of sp³-hybridized carbons (Fsp3) is 0.429. The molecule has 0 aliphatic heterocycles. The Kier molecular flexibility index (Phi) is 7.83. The largest absolute Gasteiger partial charge is 0.383 e. The van der Waals surface area contributed by atoms with Crippen molar-refractivity contribution in [3.63, 3.8) is 0 Å². The van der Waals surface area contributed by atoms with E-state index in [1.165, 1.54) is 19.2 Å². The Morgan fingerprint density at radius 2 is 2.05 bits per heavy atom. The van der Waals surface area contributed by atoms with Crippen LogP contribution >= 0.6 is 11.6 Å². The molecule has 8 heteroatoms. The summed E-state index contributed by atoms with van der Waals surface area (Å²) in [5, 5.41) is 5.50. The summed E-state index contributed by atoms with van der Waals surface area (Å²) in [5.41, 5.74) is 6.38. The van der Waals surface area contributed by atoms with Gasteiger partial charge in [0, 0.05) is 26.5 Å². The predicted octanol–water partition coefficient (Wildman–Crippen LogP) is 0.628. The molecular formula is C14H20ClN3O4. The average molecular weight is 330 g/mol. The molecule has 1 aromatic rings. The molecule has 0 aromatic heterocycles. The van der Waals surface area contributed by atoms with Crippen molar-refractivity contribution in [2.75, 3.05) is 39.3 Å². The van der Waals surface area contributed by atoms with E-state index in [0.29, 0.717) is 24.4 Å². The van der Waals surface area contributed by atoms with Crippen LogP contribution in [0.5, 0.6) is 0 Å². The van der Waals surface area contributed by atoms with Crippen molar-refractivity contribution in [1.82, 2.24) is 5.32 Å². The van der Waals surface area contributed by atoms with E-state index >= 15 is 0 Å². The highest BCUT2D eigenvalue weighted by Crippen LogP contribution is 2.21. The number of carbonyl (C=O) groups excluding carboxylic acids is 2. The van der Waals surface area contributed by atoms with Crippen LogP contribution in [0.4, 0.5) is 5.69 Å². The van der Waals surface area contributed by atoms with E-state index in [-0.39, 0.29) is 17.5 Å². The van der Waals surface area contributed by atoms with Gasteiger partial charge >= 0.3 is 0 Å². The minimum atomic E-state index is -0.777. The Morgan fingerprint density at radius 3 is 2.64 bits per heavy atom. The quantitative estimate of drug-likeness (QED) is 0.607. The zero-order chi connectivity index (χ0) is 16.5. The summed E-state index contributed by atoms with van der Waals surface area (Å²) in [6.07, 6.45) is 0. The maximum Gasteiger partial charge on any atom is 0.252 e. The first-order valence-corrected chi connectivity index (χ1v) is 6.99. The van der Waals surface area contributed by atoms with Gasteiger partial charge in [-0.2, -0.15) is 0 Å². The first-order valence-electron chi connectivity index (χ1n) is 6.61. The highest BCUT2D eigenvalue weighted by atomic mass is 35.5. The lowest BCUT2D eigenvalue weighted by atomic mass is 10.2. The van der Waals surface area contributed by atoms with Crippen LogP contribution < -0.4 is 16.4 Å². The molecule has 1 rings (SSSR count). The molecule has 7 nitrogen and oxygen atoms in total. The van der Waals surface area contributed by atoms with Gasteiger partial charge in [-0.05, 0) is 18.2 Å². The van der Waals surface area contributed by atoms with Gasteiger partial charge in [0.1, 0.15) is 6.04 Å². The van der Waals surface area contributed by atoms with E-state index in [2.05, 4.69) is 10.6 Å². The number of hydrogen-bond acceptors (Lipinski definition) is 5. The molecule has 0 saturated heterocycles. The van der Waals surface area contributed by atoms with Gasteiger partial charge in [-0.3, -0.25) is 9.59 Å². The minimum Gasteiger partial charge on any atom is -0.383 e. The van der Waals surface area contributed by atoms with Gasteiger partial charge in [0.25, 0.3) is 5.91 Å². The van der Waals surface area contributed by atoms with Gasteiger partial charge < -0.3 is 25.8 Å². The third-order valence-corrected chi connectivity index (χ3v) is 3.07. The minimum absolute atomic E-state index is 0.111. The van der Waals surface area contributed by atoms with Crippen molar-refractivity contribution in [1.29, 1.82) is 0 Å². The Bertz CT molecular complexity index is 525. The summed E-state index contributed by atoms with van der Waals surface area (Å²) in [5.74, 6) is -0.703. The first kappa shape index (κ1) is 18.4. The SMILES string of the molecule is COCCNC(=O)c1ccc(NC(=O)C(N)COC)cc1Cl. The predicted molar refractivity (Wildman–Crippen MR) is 84.1 cm³/mol. The summed E-state index contributed by atoms with van der Waals surface area (Å²) in [7, 11) is 3.01. The van der Waals surface area contributed by atoms with Crippen molar-refractivity contribution in [3.05, 3.63) is 28.8 Å². The van der Waals surface area contributed by atoms with Crippen molar-refractivity contribution < 1.29 is 19.1 Å². The van der Waals surface area contributed by atoms with Crippen molar-refractivity contribution >= 4 is 29.1 Å². The molecule has 0 saturated carbocycles. The molecule has 2 amide bonds. The number of anilines is 1. The molecule has 0 fully saturated rings. The van der Waals surface area contributed by atoms with Gasteiger partial charge in [-0.15, -0.1) is 0 Å². The third kappa shape index (κ3) is 5.61. The first-order chi connectivity index (χ1) is 10.5. The molecule has 0 aliphatic carbocycles. The zero-order valence-corrected chi connectivity index (χ0v) is 13.3. The van der Waals surface area contributed by atoms with Crippen LogP contribution in [0.2, 0.25) is 5.02 Å². The molecule has 0 radical (unpaired) electrons. The second-order valence-corrected chi connectivity index (χ2v) is 4.90. The second-order valence-electron chi connectivity index (χ2n) is 4.49. The Balaban J connectivity index is 2.69. The fourth-order valence-corrected chi connectivity index (χ4v) is 1.90. The Hall–Kier alpha value is -1.67. The standard InChI is InChI=1S/C14H20ClN3O4/c1-21-6-5-17-13(19)10-4-3-9(7-11(10)15)18-14(20)12(16)8-22-2/h3-4,7,12H,5-6,8,16H2,1-2H3,(H,17,19)(H,18,20). The molecule has 122 valence electrons. The molecule has 0 aliphatic rings. The monoisotopic (exact) mass is 329 g/mol. The van der Waals surface area contributed by atoms with Crippen LogP contribution in [0.3, 0.4) is 0 Å². The van der Waals surface area contributed by atoms with Gasteiger partial charge in [-0.1, -0.05) is 11.6 Å². The maximum atomic E-state index is 11.9. The number of hydrogen-bond donors (Lipinski definition) is 3. The summed E-state index contributed by atoms with van der Waals surface area (Å²) >= 11 is 6.06. The number of rotatable bonds is 8. The van der Waals surface area contributed by atoms with Gasteiger partial charge in [-0.25, -0.2) is 0 Å². The molecule has 1 atom stereocenters. The Labute approximate surface area is 134 Å². The lowest BCUT2D eigenvalue weighted by Crippen LogP contribution is -2.39. The molecule has 0 bridgehead atoms. The number of carbonyl (C=O) groups is 2. The normalized spacial score (nSPS) is 11.8. The molecule has 0 heterocycles. The van der Waals surface area contributed by atoms with Crippen LogP contribution in [0, 0.1) is 0 Å². The van der Waals surface area contributed by atoms with E-state index in [4.69, 9.17) is 26.8 Å². The maximum absolute atomic E-state index is 11.9. The number of benzene rings is 1. The summed E-state index contributed by atoms with van der Waals surface area (Å²) < 4.78 is 9.65. The molecule has 1 aromatic carbocycles. The summed E-state index contributed by atoms with van der Waals surface area (Å²) in [6, 6.07) is 3.82.